The Kier molecular flexibility index (Phi) is 4.32. The first-order valence-corrected chi connectivity index (χ1v) is 10.3. The maximum absolute atomic E-state index is 12.6. The van der Waals surface area contributed by atoms with E-state index in [0.29, 0.717) is 23.4 Å². The first-order valence-electron chi connectivity index (χ1n) is 8.80. The van der Waals surface area contributed by atoms with E-state index in [1.165, 1.54) is 38.8 Å². The predicted molar refractivity (Wildman–Crippen MR) is 93.2 cm³/mol. The summed E-state index contributed by atoms with van der Waals surface area (Å²) in [6.07, 6.45) is 7.60. The van der Waals surface area contributed by atoms with Gasteiger partial charge in [0, 0.05) is 12.6 Å². The topological polar surface area (TPSA) is 78.1 Å². The van der Waals surface area contributed by atoms with E-state index in [-0.39, 0.29) is 0 Å². The number of aromatic amines is 1. The van der Waals surface area contributed by atoms with Crippen molar-refractivity contribution in [3.63, 3.8) is 0 Å². The van der Waals surface area contributed by atoms with Gasteiger partial charge < -0.3 is 9.88 Å². The molecule has 130 valence electrons. The van der Waals surface area contributed by atoms with Gasteiger partial charge >= 0.3 is 0 Å². The average molecular weight is 348 g/mol. The fourth-order valence-corrected chi connectivity index (χ4v) is 5.32. The quantitative estimate of drug-likeness (QED) is 0.887. The molecule has 2 fully saturated rings. The Hall–Kier alpha value is -1.44. The number of nitrogens with zero attached hydrogens (tertiary/aromatic N) is 2. The fraction of sp³-hybridized carbons (Fsp3) is 0.588. The molecule has 0 unspecified atom stereocenters. The van der Waals surface area contributed by atoms with Crippen LogP contribution in [0.1, 0.15) is 32.1 Å². The van der Waals surface area contributed by atoms with E-state index in [1.54, 1.807) is 24.5 Å². The molecule has 0 radical (unpaired) electrons. The molecule has 0 aliphatic carbocycles. The molecular formula is C17H24N4O2S. The lowest BCUT2D eigenvalue weighted by Gasteiger charge is -2.44. The highest BCUT2D eigenvalue weighted by Gasteiger charge is 2.33. The molecule has 1 aromatic heterocycles. The molecule has 0 amide bonds. The zero-order valence-corrected chi connectivity index (χ0v) is 14.6. The third-order valence-corrected chi connectivity index (χ3v) is 6.89. The van der Waals surface area contributed by atoms with Crippen molar-refractivity contribution in [2.75, 3.05) is 19.6 Å². The second-order valence-corrected chi connectivity index (χ2v) is 8.70. The van der Waals surface area contributed by atoms with Crippen molar-refractivity contribution in [1.82, 2.24) is 19.6 Å². The van der Waals surface area contributed by atoms with Crippen LogP contribution in [-0.2, 0) is 10.0 Å². The molecule has 24 heavy (non-hydrogen) atoms. The van der Waals surface area contributed by atoms with Crippen molar-refractivity contribution in [3.05, 3.63) is 24.5 Å². The minimum atomic E-state index is -3.48. The number of H-pyrrole nitrogens is 1. The first kappa shape index (κ1) is 16.1. The molecule has 2 aliphatic heterocycles. The number of aromatic nitrogens is 2. The van der Waals surface area contributed by atoms with Crippen molar-refractivity contribution in [2.24, 2.45) is 5.92 Å². The SMILES string of the molecule is O=S(=O)(NC[C@@H]1CCCN2CCCC[C@H]12)c1ccc2nc[nH]c2c1. The van der Waals surface area contributed by atoms with Gasteiger partial charge in [0.1, 0.15) is 0 Å². The molecule has 6 nitrogen and oxygen atoms in total. The van der Waals surface area contributed by atoms with Crippen LogP contribution in [0.3, 0.4) is 0 Å². The van der Waals surface area contributed by atoms with Gasteiger partial charge in [-0.05, 0) is 62.9 Å². The molecular weight excluding hydrogens is 324 g/mol. The van der Waals surface area contributed by atoms with Gasteiger partial charge in [0.25, 0.3) is 0 Å². The number of sulfonamides is 1. The minimum absolute atomic E-state index is 0.301. The highest BCUT2D eigenvalue weighted by atomic mass is 32.2. The van der Waals surface area contributed by atoms with Crippen molar-refractivity contribution in [3.8, 4) is 0 Å². The monoisotopic (exact) mass is 348 g/mol. The Balaban J connectivity index is 1.47. The number of fused-ring (bicyclic) bond motifs is 2. The van der Waals surface area contributed by atoms with Gasteiger partial charge in [0.05, 0.1) is 22.3 Å². The maximum Gasteiger partial charge on any atom is 0.240 e. The maximum atomic E-state index is 12.6. The minimum Gasteiger partial charge on any atom is -0.345 e. The normalized spacial score (nSPS) is 25.7. The molecule has 3 heterocycles. The van der Waals surface area contributed by atoms with Crippen LogP contribution < -0.4 is 4.72 Å². The Bertz CT molecular complexity index is 815. The molecule has 1 aromatic carbocycles. The Labute approximate surface area is 142 Å². The first-order chi connectivity index (χ1) is 11.6. The lowest BCUT2D eigenvalue weighted by atomic mass is 9.84. The summed E-state index contributed by atoms with van der Waals surface area (Å²) in [6.45, 7) is 2.87. The highest BCUT2D eigenvalue weighted by Crippen LogP contribution is 2.30. The molecule has 2 aromatic rings. The van der Waals surface area contributed by atoms with Crippen LogP contribution in [0.2, 0.25) is 0 Å². The van der Waals surface area contributed by atoms with Crippen LogP contribution >= 0.6 is 0 Å². The molecule has 0 saturated carbocycles. The van der Waals surface area contributed by atoms with E-state index in [9.17, 15) is 8.42 Å². The van der Waals surface area contributed by atoms with Crippen LogP contribution in [0, 0.1) is 5.92 Å². The van der Waals surface area contributed by atoms with Gasteiger partial charge in [-0.3, -0.25) is 0 Å². The van der Waals surface area contributed by atoms with Crippen LogP contribution in [0.25, 0.3) is 11.0 Å². The van der Waals surface area contributed by atoms with E-state index in [1.807, 2.05) is 0 Å². The van der Waals surface area contributed by atoms with Crippen LogP contribution in [-0.4, -0.2) is 49.0 Å². The third-order valence-electron chi connectivity index (χ3n) is 5.47. The van der Waals surface area contributed by atoms with Crippen LogP contribution in [0.4, 0.5) is 0 Å². The summed E-state index contributed by atoms with van der Waals surface area (Å²) in [6, 6.07) is 5.56. The van der Waals surface area contributed by atoms with E-state index >= 15 is 0 Å². The van der Waals surface area contributed by atoms with Crippen molar-refractivity contribution >= 4 is 21.1 Å². The number of nitrogens with one attached hydrogen (secondary N) is 2. The molecule has 2 saturated heterocycles. The van der Waals surface area contributed by atoms with E-state index in [4.69, 9.17) is 0 Å². The number of piperidine rings is 2. The van der Waals surface area contributed by atoms with E-state index in [2.05, 4.69) is 19.6 Å². The molecule has 0 bridgehead atoms. The van der Waals surface area contributed by atoms with Crippen molar-refractivity contribution in [2.45, 2.75) is 43.0 Å². The van der Waals surface area contributed by atoms with Gasteiger partial charge in [-0.15, -0.1) is 0 Å². The van der Waals surface area contributed by atoms with Gasteiger partial charge in [0.2, 0.25) is 10.0 Å². The smallest absolute Gasteiger partial charge is 0.240 e. The molecule has 2 atom stereocenters. The summed E-state index contributed by atoms with van der Waals surface area (Å²) < 4.78 is 28.1. The zero-order valence-electron chi connectivity index (χ0n) is 13.7. The lowest BCUT2D eigenvalue weighted by Crippen LogP contribution is -2.50. The number of rotatable bonds is 4. The summed E-state index contributed by atoms with van der Waals surface area (Å²) in [5.74, 6) is 0.421. The van der Waals surface area contributed by atoms with Crippen LogP contribution in [0.5, 0.6) is 0 Å². The molecule has 4 rings (SSSR count). The number of imidazole rings is 1. The van der Waals surface area contributed by atoms with Crippen molar-refractivity contribution < 1.29 is 8.42 Å². The second kappa shape index (κ2) is 6.46. The van der Waals surface area contributed by atoms with E-state index in [0.717, 1.165) is 17.5 Å². The van der Waals surface area contributed by atoms with E-state index < -0.39 is 10.0 Å². The zero-order chi connectivity index (χ0) is 16.6. The summed E-state index contributed by atoms with van der Waals surface area (Å²) >= 11 is 0. The van der Waals surface area contributed by atoms with Crippen LogP contribution in [0.15, 0.2) is 29.4 Å². The van der Waals surface area contributed by atoms with Gasteiger partial charge in [-0.1, -0.05) is 6.42 Å². The number of hydrogen-bond acceptors (Lipinski definition) is 4. The summed E-state index contributed by atoms with van der Waals surface area (Å²) in [5, 5.41) is 0. The fourth-order valence-electron chi connectivity index (χ4n) is 4.20. The van der Waals surface area contributed by atoms with Gasteiger partial charge in [0.15, 0.2) is 0 Å². The van der Waals surface area contributed by atoms with Gasteiger partial charge in [-0.2, -0.15) is 0 Å². The summed E-state index contributed by atoms with van der Waals surface area (Å²) in [5.41, 5.74) is 1.52. The number of hydrogen-bond donors (Lipinski definition) is 2. The summed E-state index contributed by atoms with van der Waals surface area (Å²) in [4.78, 5) is 9.95. The van der Waals surface area contributed by atoms with Crippen molar-refractivity contribution in [1.29, 1.82) is 0 Å². The molecule has 7 heteroatoms. The second-order valence-electron chi connectivity index (χ2n) is 6.93. The predicted octanol–water partition coefficient (Wildman–Crippen LogP) is 2.11. The van der Waals surface area contributed by atoms with Gasteiger partial charge in [-0.25, -0.2) is 18.1 Å². The number of benzene rings is 1. The highest BCUT2D eigenvalue weighted by molar-refractivity contribution is 7.89. The standard InChI is InChI=1S/C17H24N4O2S/c22-24(23,14-6-7-15-16(10-14)19-12-18-15)20-11-13-4-3-9-21-8-2-1-5-17(13)21/h6-7,10,12-13,17,20H,1-5,8-9,11H2,(H,18,19)/t13-,17+/m0/s1. The third kappa shape index (κ3) is 3.08. The Morgan fingerprint density at radius 1 is 1.21 bits per heavy atom. The largest absolute Gasteiger partial charge is 0.345 e. The average Bonchev–Trinajstić information content (AvgIpc) is 3.07. The Morgan fingerprint density at radius 2 is 2.08 bits per heavy atom. The Morgan fingerprint density at radius 3 is 3.00 bits per heavy atom. The molecule has 2 N–H and O–H groups in total. The molecule has 0 spiro atoms. The lowest BCUT2D eigenvalue weighted by molar-refractivity contribution is 0.0617. The molecule has 2 aliphatic rings. The summed E-state index contributed by atoms with van der Waals surface area (Å²) in [7, 11) is -3.48.